The van der Waals surface area contributed by atoms with E-state index in [1.165, 1.54) is 6.07 Å². The number of aromatic hydroxyl groups is 1. The summed E-state index contributed by atoms with van der Waals surface area (Å²) in [5.41, 5.74) is 0.00699. The van der Waals surface area contributed by atoms with E-state index in [1.807, 2.05) is 13.8 Å². The molecule has 1 heterocycles. The van der Waals surface area contributed by atoms with Crippen LogP contribution < -0.4 is 0 Å². The lowest BCUT2D eigenvalue weighted by molar-refractivity contribution is -0.0444. The number of morpholine rings is 1. The second-order valence-corrected chi connectivity index (χ2v) is 4.83. The van der Waals surface area contributed by atoms with Gasteiger partial charge in [0, 0.05) is 6.54 Å². The van der Waals surface area contributed by atoms with Gasteiger partial charge in [0.05, 0.1) is 24.3 Å². The number of amides is 1. The molecule has 1 aliphatic rings. The standard InChI is InChI=1S/C14H18FNO3/c1-3-11-8-19-9(2)7-16(11)14(18)12-6-10(15)4-5-13(12)17/h4-6,9,11,17H,3,7-8H2,1-2H3. The summed E-state index contributed by atoms with van der Waals surface area (Å²) in [6.07, 6.45) is 0.705. The summed E-state index contributed by atoms with van der Waals surface area (Å²) in [7, 11) is 0. The fraction of sp³-hybridized carbons (Fsp3) is 0.500. The monoisotopic (exact) mass is 267 g/mol. The second kappa shape index (κ2) is 5.57. The zero-order chi connectivity index (χ0) is 14.0. The fourth-order valence-electron chi connectivity index (χ4n) is 2.27. The molecule has 104 valence electrons. The average molecular weight is 267 g/mol. The fourth-order valence-corrected chi connectivity index (χ4v) is 2.27. The molecule has 0 bridgehead atoms. The molecule has 2 atom stereocenters. The Morgan fingerprint density at radius 1 is 1.58 bits per heavy atom. The van der Waals surface area contributed by atoms with Crippen molar-refractivity contribution in [2.45, 2.75) is 32.4 Å². The zero-order valence-corrected chi connectivity index (χ0v) is 11.1. The van der Waals surface area contributed by atoms with Crippen molar-refractivity contribution in [3.63, 3.8) is 0 Å². The third-order valence-electron chi connectivity index (χ3n) is 3.39. The number of carbonyl (C=O) groups is 1. The number of nitrogens with zero attached hydrogens (tertiary/aromatic N) is 1. The van der Waals surface area contributed by atoms with E-state index in [-0.39, 0.29) is 29.4 Å². The Morgan fingerprint density at radius 2 is 2.32 bits per heavy atom. The number of hydrogen-bond acceptors (Lipinski definition) is 3. The van der Waals surface area contributed by atoms with Crippen LogP contribution in [-0.4, -0.2) is 41.2 Å². The minimum Gasteiger partial charge on any atom is -0.507 e. The maximum Gasteiger partial charge on any atom is 0.258 e. The van der Waals surface area contributed by atoms with E-state index >= 15 is 0 Å². The van der Waals surface area contributed by atoms with E-state index in [1.54, 1.807) is 4.90 Å². The summed E-state index contributed by atoms with van der Waals surface area (Å²) in [6.45, 7) is 4.78. The van der Waals surface area contributed by atoms with Gasteiger partial charge in [-0.1, -0.05) is 6.92 Å². The van der Waals surface area contributed by atoms with Crippen molar-refractivity contribution >= 4 is 5.91 Å². The smallest absolute Gasteiger partial charge is 0.258 e. The minimum absolute atomic E-state index is 0.00699. The van der Waals surface area contributed by atoms with Crippen LogP contribution in [0, 0.1) is 5.82 Å². The highest BCUT2D eigenvalue weighted by molar-refractivity contribution is 5.97. The van der Waals surface area contributed by atoms with Crippen molar-refractivity contribution in [1.82, 2.24) is 4.90 Å². The van der Waals surface area contributed by atoms with Crippen LogP contribution in [0.15, 0.2) is 18.2 Å². The molecule has 0 aliphatic carbocycles. The van der Waals surface area contributed by atoms with Crippen LogP contribution in [0.5, 0.6) is 5.75 Å². The summed E-state index contributed by atoms with van der Waals surface area (Å²) in [5.74, 6) is -1.07. The normalized spacial score (nSPS) is 23.4. The van der Waals surface area contributed by atoms with E-state index in [0.717, 1.165) is 18.6 Å². The predicted octanol–water partition coefficient (Wildman–Crippen LogP) is 2.17. The van der Waals surface area contributed by atoms with Crippen LogP contribution in [-0.2, 0) is 4.74 Å². The van der Waals surface area contributed by atoms with Crippen LogP contribution in [0.2, 0.25) is 0 Å². The molecular weight excluding hydrogens is 249 g/mol. The van der Waals surface area contributed by atoms with Crippen molar-refractivity contribution in [2.24, 2.45) is 0 Å². The van der Waals surface area contributed by atoms with Gasteiger partial charge in [-0.15, -0.1) is 0 Å². The Kier molecular flexibility index (Phi) is 4.04. The Balaban J connectivity index is 2.28. The SMILES string of the molecule is CCC1COC(C)CN1C(=O)c1cc(F)ccc1O. The molecule has 5 heteroatoms. The van der Waals surface area contributed by atoms with Crippen LogP contribution in [0.4, 0.5) is 4.39 Å². The van der Waals surface area contributed by atoms with Crippen molar-refractivity contribution in [2.75, 3.05) is 13.2 Å². The van der Waals surface area contributed by atoms with Crippen LogP contribution >= 0.6 is 0 Å². The first-order valence-electron chi connectivity index (χ1n) is 6.44. The van der Waals surface area contributed by atoms with E-state index < -0.39 is 5.82 Å². The maximum atomic E-state index is 13.2. The van der Waals surface area contributed by atoms with Gasteiger partial charge in [0.2, 0.25) is 0 Å². The first-order chi connectivity index (χ1) is 9.02. The molecular formula is C14H18FNO3. The zero-order valence-electron chi connectivity index (χ0n) is 11.1. The molecule has 1 aliphatic heterocycles. The van der Waals surface area contributed by atoms with E-state index in [9.17, 15) is 14.3 Å². The van der Waals surface area contributed by atoms with Gasteiger partial charge in [-0.2, -0.15) is 0 Å². The van der Waals surface area contributed by atoms with Gasteiger partial charge in [0.15, 0.2) is 0 Å². The molecule has 0 aromatic heterocycles. The minimum atomic E-state index is -0.532. The largest absolute Gasteiger partial charge is 0.507 e. The van der Waals surface area contributed by atoms with E-state index in [2.05, 4.69) is 0 Å². The van der Waals surface area contributed by atoms with E-state index in [4.69, 9.17) is 4.74 Å². The number of benzene rings is 1. The van der Waals surface area contributed by atoms with Gasteiger partial charge in [-0.25, -0.2) is 4.39 Å². The average Bonchev–Trinajstić information content (AvgIpc) is 2.40. The third kappa shape index (κ3) is 2.87. The quantitative estimate of drug-likeness (QED) is 0.893. The number of hydrogen-bond donors (Lipinski definition) is 1. The Bertz CT molecular complexity index is 478. The molecule has 1 fully saturated rings. The molecule has 1 saturated heterocycles. The topological polar surface area (TPSA) is 49.8 Å². The van der Waals surface area contributed by atoms with Crippen molar-refractivity contribution in [3.8, 4) is 5.75 Å². The number of ether oxygens (including phenoxy) is 1. The number of carbonyl (C=O) groups excluding carboxylic acids is 1. The van der Waals surface area contributed by atoms with Crippen molar-refractivity contribution in [3.05, 3.63) is 29.6 Å². The van der Waals surface area contributed by atoms with Crippen molar-refractivity contribution < 1.29 is 19.0 Å². The second-order valence-electron chi connectivity index (χ2n) is 4.83. The Hall–Kier alpha value is -1.62. The summed E-state index contributed by atoms with van der Waals surface area (Å²) in [4.78, 5) is 14.1. The van der Waals surface area contributed by atoms with Crippen LogP contribution in [0.1, 0.15) is 30.6 Å². The molecule has 2 unspecified atom stereocenters. The third-order valence-corrected chi connectivity index (χ3v) is 3.39. The number of rotatable bonds is 2. The first kappa shape index (κ1) is 13.8. The predicted molar refractivity (Wildman–Crippen MR) is 68.6 cm³/mol. The summed E-state index contributed by atoms with van der Waals surface area (Å²) in [5, 5.41) is 9.72. The van der Waals surface area contributed by atoms with Gasteiger partial charge in [-0.3, -0.25) is 4.79 Å². The molecule has 0 radical (unpaired) electrons. The molecule has 1 aromatic carbocycles. The number of halogens is 1. The van der Waals surface area contributed by atoms with Crippen LogP contribution in [0.25, 0.3) is 0 Å². The van der Waals surface area contributed by atoms with Gasteiger partial charge in [0.1, 0.15) is 11.6 Å². The Morgan fingerprint density at radius 3 is 3.00 bits per heavy atom. The maximum absolute atomic E-state index is 13.2. The molecule has 1 amide bonds. The molecule has 1 aromatic rings. The molecule has 0 spiro atoms. The van der Waals surface area contributed by atoms with Crippen LogP contribution in [0.3, 0.4) is 0 Å². The summed E-state index contributed by atoms with van der Waals surface area (Å²) < 4.78 is 18.7. The molecule has 19 heavy (non-hydrogen) atoms. The Labute approximate surface area is 111 Å². The van der Waals surface area contributed by atoms with Gasteiger partial charge >= 0.3 is 0 Å². The molecule has 2 rings (SSSR count). The lowest BCUT2D eigenvalue weighted by Crippen LogP contribution is -2.51. The highest BCUT2D eigenvalue weighted by Crippen LogP contribution is 2.23. The number of phenols is 1. The van der Waals surface area contributed by atoms with E-state index in [0.29, 0.717) is 13.2 Å². The lowest BCUT2D eigenvalue weighted by Gasteiger charge is -2.38. The highest BCUT2D eigenvalue weighted by Gasteiger charge is 2.31. The summed E-state index contributed by atoms with van der Waals surface area (Å²) in [6, 6.07) is 3.37. The van der Waals surface area contributed by atoms with Gasteiger partial charge < -0.3 is 14.7 Å². The lowest BCUT2D eigenvalue weighted by atomic mass is 10.1. The van der Waals surface area contributed by atoms with Crippen molar-refractivity contribution in [1.29, 1.82) is 0 Å². The number of phenolic OH excluding ortho intramolecular Hbond substituents is 1. The first-order valence-corrected chi connectivity index (χ1v) is 6.44. The van der Waals surface area contributed by atoms with Gasteiger partial charge in [-0.05, 0) is 31.5 Å². The molecule has 0 saturated carbocycles. The van der Waals surface area contributed by atoms with Gasteiger partial charge in [0.25, 0.3) is 5.91 Å². The molecule has 4 nitrogen and oxygen atoms in total. The molecule has 1 N–H and O–H groups in total. The summed E-state index contributed by atoms with van der Waals surface area (Å²) >= 11 is 0. The highest BCUT2D eigenvalue weighted by atomic mass is 19.1.